The number of primary amides is 1. The van der Waals surface area contributed by atoms with Crippen LogP contribution < -0.4 is 16.4 Å². The molecule has 0 spiro atoms. The molecule has 1 heterocycles. The summed E-state index contributed by atoms with van der Waals surface area (Å²) in [5, 5.41) is 6.77. The van der Waals surface area contributed by atoms with Gasteiger partial charge in [0.2, 0.25) is 11.8 Å². The van der Waals surface area contributed by atoms with Crippen molar-refractivity contribution in [1.29, 1.82) is 0 Å². The van der Waals surface area contributed by atoms with Crippen LogP contribution in [0.15, 0.2) is 30.5 Å². The standard InChI is InChI=1S/C19H26N4O3/c1-12(24)16(10-13-11-22-15-7-5-4-6-14(13)15)23-18(26)19(2,21-3)9-8-17(20)25/h4-7,11,16,21-22H,8-10H2,1-3H3,(H2,20,25)(H,23,26)/t16-,19-/m0/s1. The minimum Gasteiger partial charge on any atom is -0.370 e. The van der Waals surface area contributed by atoms with Crippen LogP contribution in [0.2, 0.25) is 0 Å². The van der Waals surface area contributed by atoms with Crippen LogP contribution in [0.4, 0.5) is 0 Å². The number of hydrogen-bond donors (Lipinski definition) is 4. The predicted molar refractivity (Wildman–Crippen MR) is 101 cm³/mol. The van der Waals surface area contributed by atoms with Gasteiger partial charge < -0.3 is 21.4 Å². The minimum absolute atomic E-state index is 0.0813. The predicted octanol–water partition coefficient (Wildman–Crippen LogP) is 1.03. The molecule has 0 aliphatic heterocycles. The van der Waals surface area contributed by atoms with Crippen molar-refractivity contribution >= 4 is 28.5 Å². The molecule has 2 amide bonds. The maximum absolute atomic E-state index is 12.7. The third-order valence-corrected chi connectivity index (χ3v) is 4.82. The highest BCUT2D eigenvalue weighted by Gasteiger charge is 2.33. The number of para-hydroxylation sites is 1. The van der Waals surface area contributed by atoms with Crippen molar-refractivity contribution in [2.24, 2.45) is 5.73 Å². The second-order valence-electron chi connectivity index (χ2n) is 6.75. The van der Waals surface area contributed by atoms with Gasteiger partial charge >= 0.3 is 0 Å². The zero-order valence-corrected chi connectivity index (χ0v) is 15.4. The number of aromatic nitrogens is 1. The van der Waals surface area contributed by atoms with E-state index in [1.54, 1.807) is 14.0 Å². The van der Waals surface area contributed by atoms with Gasteiger partial charge in [-0.15, -0.1) is 0 Å². The first-order valence-electron chi connectivity index (χ1n) is 8.60. The van der Waals surface area contributed by atoms with E-state index >= 15 is 0 Å². The second-order valence-corrected chi connectivity index (χ2v) is 6.75. The molecule has 1 aromatic heterocycles. The number of nitrogens with two attached hydrogens (primary N) is 1. The van der Waals surface area contributed by atoms with E-state index in [1.165, 1.54) is 6.92 Å². The van der Waals surface area contributed by atoms with Gasteiger partial charge in [-0.25, -0.2) is 0 Å². The van der Waals surface area contributed by atoms with Crippen LogP contribution in [0.25, 0.3) is 10.9 Å². The van der Waals surface area contributed by atoms with Crippen LogP contribution >= 0.6 is 0 Å². The Hall–Kier alpha value is -2.67. The quantitative estimate of drug-likeness (QED) is 0.535. The van der Waals surface area contributed by atoms with Gasteiger partial charge in [-0.05, 0) is 38.9 Å². The Kier molecular flexibility index (Phi) is 6.15. The highest BCUT2D eigenvalue weighted by atomic mass is 16.2. The van der Waals surface area contributed by atoms with Gasteiger partial charge in [0.25, 0.3) is 0 Å². The average molecular weight is 358 g/mol. The third kappa shape index (κ3) is 4.49. The largest absolute Gasteiger partial charge is 0.370 e. The Balaban J connectivity index is 2.15. The van der Waals surface area contributed by atoms with Gasteiger partial charge in [0, 0.05) is 29.9 Å². The van der Waals surface area contributed by atoms with E-state index in [4.69, 9.17) is 5.73 Å². The van der Waals surface area contributed by atoms with E-state index < -0.39 is 17.5 Å². The number of likely N-dealkylation sites (N-methyl/N-ethyl adjacent to an activating group) is 1. The summed E-state index contributed by atoms with van der Waals surface area (Å²) in [4.78, 5) is 39.1. The van der Waals surface area contributed by atoms with Crippen LogP contribution in [0.5, 0.6) is 0 Å². The molecule has 2 rings (SSSR count). The number of hydrogen-bond acceptors (Lipinski definition) is 4. The Morgan fingerprint density at radius 1 is 1.27 bits per heavy atom. The third-order valence-electron chi connectivity index (χ3n) is 4.82. The van der Waals surface area contributed by atoms with E-state index in [-0.39, 0.29) is 24.5 Å². The van der Waals surface area contributed by atoms with Crippen LogP contribution in [0.1, 0.15) is 32.3 Å². The summed E-state index contributed by atoms with van der Waals surface area (Å²) in [5.41, 5.74) is 6.15. The maximum Gasteiger partial charge on any atom is 0.240 e. The van der Waals surface area contributed by atoms with Gasteiger partial charge in [-0.3, -0.25) is 14.4 Å². The van der Waals surface area contributed by atoms with E-state index in [0.29, 0.717) is 6.42 Å². The van der Waals surface area contributed by atoms with Crippen LogP contribution in [0, 0.1) is 0 Å². The summed E-state index contributed by atoms with van der Waals surface area (Å²) < 4.78 is 0. The van der Waals surface area contributed by atoms with Gasteiger partial charge in [0.15, 0.2) is 5.78 Å². The Bertz CT molecular complexity index is 814. The molecule has 2 atom stereocenters. The van der Waals surface area contributed by atoms with Gasteiger partial charge in [0.05, 0.1) is 11.6 Å². The smallest absolute Gasteiger partial charge is 0.240 e. The van der Waals surface area contributed by atoms with Crippen LogP contribution in [0.3, 0.4) is 0 Å². The first-order valence-corrected chi connectivity index (χ1v) is 8.60. The molecule has 0 radical (unpaired) electrons. The van der Waals surface area contributed by atoms with Crippen molar-refractivity contribution in [3.63, 3.8) is 0 Å². The lowest BCUT2D eigenvalue weighted by molar-refractivity contribution is -0.131. The summed E-state index contributed by atoms with van der Waals surface area (Å²) in [6.07, 6.45) is 2.58. The normalized spacial score (nSPS) is 14.6. The fraction of sp³-hybridized carbons (Fsp3) is 0.421. The van der Waals surface area contributed by atoms with Crippen molar-refractivity contribution < 1.29 is 14.4 Å². The first kappa shape index (κ1) is 19.7. The number of benzene rings is 1. The summed E-state index contributed by atoms with van der Waals surface area (Å²) in [7, 11) is 1.64. The molecule has 0 bridgehead atoms. The molecule has 140 valence electrons. The Labute approximate surface area is 152 Å². The minimum atomic E-state index is -0.983. The molecule has 0 saturated heterocycles. The summed E-state index contributed by atoms with van der Waals surface area (Å²) in [6.45, 7) is 3.15. The van der Waals surface area contributed by atoms with E-state index in [2.05, 4.69) is 15.6 Å². The Morgan fingerprint density at radius 3 is 2.58 bits per heavy atom. The summed E-state index contributed by atoms with van der Waals surface area (Å²) >= 11 is 0. The number of rotatable bonds is 9. The molecular formula is C19H26N4O3. The monoisotopic (exact) mass is 358 g/mol. The van der Waals surface area contributed by atoms with Gasteiger partial charge in [0.1, 0.15) is 0 Å². The highest BCUT2D eigenvalue weighted by molar-refractivity contribution is 5.93. The first-order chi connectivity index (χ1) is 12.3. The maximum atomic E-state index is 12.7. The summed E-state index contributed by atoms with van der Waals surface area (Å²) in [5.74, 6) is -0.931. The fourth-order valence-corrected chi connectivity index (χ4v) is 2.86. The van der Waals surface area contributed by atoms with Crippen LogP contribution in [-0.4, -0.2) is 41.2 Å². The lowest BCUT2D eigenvalue weighted by atomic mass is 9.93. The number of fused-ring (bicyclic) bond motifs is 1. The summed E-state index contributed by atoms with van der Waals surface area (Å²) in [6, 6.07) is 7.16. The number of ketones is 1. The lowest BCUT2D eigenvalue weighted by Crippen LogP contribution is -2.57. The zero-order chi connectivity index (χ0) is 19.3. The van der Waals surface area contributed by atoms with Gasteiger partial charge in [-0.2, -0.15) is 0 Å². The van der Waals surface area contributed by atoms with Crippen molar-refractivity contribution in [2.75, 3.05) is 7.05 Å². The number of nitrogens with one attached hydrogen (secondary N) is 3. The average Bonchev–Trinajstić information content (AvgIpc) is 3.02. The van der Waals surface area contributed by atoms with E-state index in [1.807, 2.05) is 30.5 Å². The highest BCUT2D eigenvalue weighted by Crippen LogP contribution is 2.20. The van der Waals surface area contributed by atoms with Crippen LogP contribution in [-0.2, 0) is 20.8 Å². The molecule has 0 fully saturated rings. The van der Waals surface area contributed by atoms with Gasteiger partial charge in [-0.1, -0.05) is 18.2 Å². The number of aromatic amines is 1. The molecule has 5 N–H and O–H groups in total. The molecule has 1 aromatic carbocycles. The Morgan fingerprint density at radius 2 is 1.96 bits per heavy atom. The molecule has 2 aromatic rings. The molecule has 7 heteroatoms. The molecule has 7 nitrogen and oxygen atoms in total. The second kappa shape index (κ2) is 8.14. The molecule has 26 heavy (non-hydrogen) atoms. The number of amides is 2. The van der Waals surface area contributed by atoms with Crippen molar-refractivity contribution in [3.8, 4) is 0 Å². The van der Waals surface area contributed by atoms with E-state index in [9.17, 15) is 14.4 Å². The fourth-order valence-electron chi connectivity index (χ4n) is 2.86. The van der Waals surface area contributed by atoms with Crippen molar-refractivity contribution in [1.82, 2.24) is 15.6 Å². The lowest BCUT2D eigenvalue weighted by Gasteiger charge is -2.29. The van der Waals surface area contributed by atoms with Crippen molar-refractivity contribution in [2.45, 2.75) is 44.7 Å². The molecule has 0 aliphatic carbocycles. The number of carbonyl (C=O) groups excluding carboxylic acids is 3. The number of carbonyl (C=O) groups is 3. The number of Topliss-reactive ketones (excluding diaryl/α,β-unsaturated/α-hetero) is 1. The van der Waals surface area contributed by atoms with Crippen molar-refractivity contribution in [3.05, 3.63) is 36.0 Å². The molecule has 0 unspecified atom stereocenters. The zero-order valence-electron chi connectivity index (χ0n) is 15.4. The molecule has 0 saturated carbocycles. The number of H-pyrrole nitrogens is 1. The SMILES string of the molecule is CN[C@@](C)(CCC(N)=O)C(=O)N[C@@H](Cc1c[nH]c2ccccc12)C(C)=O. The molecule has 0 aliphatic rings. The van der Waals surface area contributed by atoms with E-state index in [0.717, 1.165) is 16.5 Å². The molecular weight excluding hydrogens is 332 g/mol. The topological polar surface area (TPSA) is 117 Å².